The molecule has 3 atom stereocenters. The molecule has 0 spiro atoms. The molecule has 2 aliphatic rings. The van der Waals surface area contributed by atoms with E-state index in [0.29, 0.717) is 12.5 Å². The number of ether oxygens (including phenoxy) is 1. The summed E-state index contributed by atoms with van der Waals surface area (Å²) in [7, 11) is 1.72. The van der Waals surface area contributed by atoms with Crippen LogP contribution in [0.5, 0.6) is 0 Å². The monoisotopic (exact) mass is 282 g/mol. The van der Waals surface area contributed by atoms with E-state index in [1.54, 1.807) is 7.11 Å². The highest BCUT2D eigenvalue weighted by molar-refractivity contribution is 5.88. The number of nitrogens with zero attached hydrogens (tertiary/aromatic N) is 1. The van der Waals surface area contributed by atoms with Gasteiger partial charge in [-0.2, -0.15) is 0 Å². The molecule has 1 saturated heterocycles. The Morgan fingerprint density at radius 2 is 2.05 bits per heavy atom. The smallest absolute Gasteiger partial charge is 0.244 e. The van der Waals surface area contributed by atoms with Crippen molar-refractivity contribution in [2.75, 3.05) is 13.7 Å². The Hall–Kier alpha value is -0.610. The number of methoxy groups -OCH3 is 1. The van der Waals surface area contributed by atoms with Gasteiger partial charge >= 0.3 is 0 Å². The zero-order valence-electron chi connectivity index (χ0n) is 13.4. The third-order valence-electron chi connectivity index (χ3n) is 5.25. The minimum Gasteiger partial charge on any atom is -0.383 e. The molecule has 0 aromatic heterocycles. The van der Waals surface area contributed by atoms with Gasteiger partial charge in [0.15, 0.2) is 0 Å². The van der Waals surface area contributed by atoms with E-state index in [9.17, 15) is 4.79 Å². The number of carbonyl (C=O) groups excluding carboxylic acids is 1. The van der Waals surface area contributed by atoms with Crippen LogP contribution in [0.4, 0.5) is 0 Å². The minimum atomic E-state index is -0.394. The molecule has 1 aliphatic carbocycles. The summed E-state index contributed by atoms with van der Waals surface area (Å²) in [6.45, 7) is 6.92. The van der Waals surface area contributed by atoms with E-state index in [1.165, 1.54) is 25.7 Å². The van der Waals surface area contributed by atoms with Gasteiger partial charge in [-0.25, -0.2) is 0 Å². The number of rotatable bonds is 6. The molecule has 1 saturated carbocycles. The predicted octanol–water partition coefficient (Wildman–Crippen LogP) is 2.53. The first-order chi connectivity index (χ1) is 9.57. The molecule has 0 aromatic rings. The van der Waals surface area contributed by atoms with Gasteiger partial charge in [0.05, 0.1) is 24.4 Å². The fourth-order valence-corrected chi connectivity index (χ4v) is 3.72. The first kappa shape index (κ1) is 15.8. The van der Waals surface area contributed by atoms with Crippen LogP contribution in [-0.4, -0.2) is 42.3 Å². The maximum Gasteiger partial charge on any atom is 0.244 e. The van der Waals surface area contributed by atoms with Crippen LogP contribution in [0.1, 0.15) is 59.3 Å². The van der Waals surface area contributed by atoms with E-state index >= 15 is 0 Å². The summed E-state index contributed by atoms with van der Waals surface area (Å²) in [4.78, 5) is 15.0. The highest BCUT2D eigenvalue weighted by Crippen LogP contribution is 2.36. The summed E-state index contributed by atoms with van der Waals surface area (Å²) in [6.07, 6.45) is 7.08. The number of nitrogens with one attached hydrogen (secondary N) is 1. The summed E-state index contributed by atoms with van der Waals surface area (Å²) in [5.74, 6) is 0.874. The number of hydrogen-bond donors (Lipinski definition) is 1. The summed E-state index contributed by atoms with van der Waals surface area (Å²) in [6, 6.07) is 0.193. The molecule has 2 fully saturated rings. The Balaban J connectivity index is 2.24. The number of amides is 1. The minimum absolute atomic E-state index is 0.193. The third-order valence-corrected chi connectivity index (χ3v) is 5.25. The van der Waals surface area contributed by atoms with Gasteiger partial charge in [-0.05, 0) is 38.5 Å². The van der Waals surface area contributed by atoms with Crippen molar-refractivity contribution in [1.82, 2.24) is 10.2 Å². The van der Waals surface area contributed by atoms with Crippen molar-refractivity contribution in [3.63, 3.8) is 0 Å². The average Bonchev–Trinajstić information content (AvgIpc) is 3.05. The highest BCUT2D eigenvalue weighted by Gasteiger charge is 2.51. The Morgan fingerprint density at radius 3 is 2.55 bits per heavy atom. The lowest BCUT2D eigenvalue weighted by atomic mass is 9.99. The van der Waals surface area contributed by atoms with Crippen molar-refractivity contribution in [2.45, 2.75) is 77.0 Å². The van der Waals surface area contributed by atoms with Gasteiger partial charge in [0.1, 0.15) is 0 Å². The Kier molecular flexibility index (Phi) is 5.08. The topological polar surface area (TPSA) is 41.6 Å². The predicted molar refractivity (Wildman–Crippen MR) is 80.4 cm³/mol. The van der Waals surface area contributed by atoms with Gasteiger partial charge in [0, 0.05) is 7.11 Å². The van der Waals surface area contributed by atoms with E-state index in [2.05, 4.69) is 31.0 Å². The Morgan fingerprint density at radius 1 is 1.40 bits per heavy atom. The molecule has 0 aromatic carbocycles. The number of carbonyl (C=O) groups is 1. The molecule has 20 heavy (non-hydrogen) atoms. The van der Waals surface area contributed by atoms with Gasteiger partial charge in [0.2, 0.25) is 5.91 Å². The molecule has 0 radical (unpaired) electrons. The van der Waals surface area contributed by atoms with E-state index in [4.69, 9.17) is 4.74 Å². The maximum atomic E-state index is 12.9. The van der Waals surface area contributed by atoms with Crippen LogP contribution in [0.25, 0.3) is 0 Å². The van der Waals surface area contributed by atoms with Crippen molar-refractivity contribution in [3.8, 4) is 0 Å². The van der Waals surface area contributed by atoms with Gasteiger partial charge in [-0.1, -0.05) is 26.7 Å². The summed E-state index contributed by atoms with van der Waals surface area (Å²) in [5.41, 5.74) is -0.394. The van der Waals surface area contributed by atoms with Crippen molar-refractivity contribution in [1.29, 1.82) is 0 Å². The van der Waals surface area contributed by atoms with Crippen molar-refractivity contribution >= 4 is 5.91 Å². The second kappa shape index (κ2) is 6.44. The van der Waals surface area contributed by atoms with E-state index in [1.807, 2.05) is 0 Å². The summed E-state index contributed by atoms with van der Waals surface area (Å²) >= 11 is 0. The molecular formula is C16H30N2O2. The molecule has 1 amide bonds. The lowest BCUT2D eigenvalue weighted by Gasteiger charge is -2.35. The van der Waals surface area contributed by atoms with Crippen LogP contribution in [0.15, 0.2) is 0 Å². The van der Waals surface area contributed by atoms with Gasteiger partial charge < -0.3 is 9.64 Å². The first-order valence-electron chi connectivity index (χ1n) is 8.16. The van der Waals surface area contributed by atoms with Crippen LogP contribution in [0, 0.1) is 5.92 Å². The lowest BCUT2D eigenvalue weighted by molar-refractivity contribution is -0.137. The molecule has 1 heterocycles. The van der Waals surface area contributed by atoms with Crippen LogP contribution in [-0.2, 0) is 9.53 Å². The maximum absolute atomic E-state index is 12.9. The van der Waals surface area contributed by atoms with Gasteiger partial charge in [-0.3, -0.25) is 10.1 Å². The molecule has 1 N–H and O–H groups in total. The largest absolute Gasteiger partial charge is 0.383 e. The van der Waals surface area contributed by atoms with Crippen molar-refractivity contribution in [2.24, 2.45) is 5.92 Å². The van der Waals surface area contributed by atoms with Crippen molar-refractivity contribution < 1.29 is 9.53 Å². The van der Waals surface area contributed by atoms with E-state index in [0.717, 1.165) is 12.8 Å². The molecule has 116 valence electrons. The highest BCUT2D eigenvalue weighted by atomic mass is 16.5. The molecule has 4 heteroatoms. The molecule has 2 rings (SSSR count). The Bertz CT molecular complexity index is 341. The van der Waals surface area contributed by atoms with E-state index in [-0.39, 0.29) is 18.1 Å². The van der Waals surface area contributed by atoms with Gasteiger partial charge in [-0.15, -0.1) is 0 Å². The van der Waals surface area contributed by atoms with Crippen LogP contribution < -0.4 is 5.32 Å². The summed E-state index contributed by atoms with van der Waals surface area (Å²) in [5, 5.41) is 3.65. The quantitative estimate of drug-likeness (QED) is 0.814. The van der Waals surface area contributed by atoms with Crippen LogP contribution in [0.2, 0.25) is 0 Å². The first-order valence-corrected chi connectivity index (χ1v) is 8.16. The van der Waals surface area contributed by atoms with Gasteiger partial charge in [0.25, 0.3) is 0 Å². The average molecular weight is 282 g/mol. The SMILES string of the molecule is CCC(COC)N1C(=O)C(C)(CC)NC1C1CCCC1. The molecule has 1 aliphatic heterocycles. The zero-order valence-corrected chi connectivity index (χ0v) is 13.4. The molecule has 0 bridgehead atoms. The molecular weight excluding hydrogens is 252 g/mol. The zero-order chi connectivity index (χ0) is 14.8. The standard InChI is InChI=1S/C16H30N2O2/c1-5-13(11-20-4)18-14(12-9-7-8-10-12)17-16(3,6-2)15(18)19/h12-14,17H,5-11H2,1-4H3. The third kappa shape index (κ3) is 2.73. The van der Waals surface area contributed by atoms with Crippen LogP contribution >= 0.6 is 0 Å². The lowest BCUT2D eigenvalue weighted by Crippen LogP contribution is -2.49. The second-order valence-electron chi connectivity index (χ2n) is 6.55. The molecule has 3 unspecified atom stereocenters. The summed E-state index contributed by atoms with van der Waals surface area (Å²) < 4.78 is 5.35. The fraction of sp³-hybridized carbons (Fsp3) is 0.938. The second-order valence-corrected chi connectivity index (χ2v) is 6.55. The number of hydrogen-bond acceptors (Lipinski definition) is 3. The van der Waals surface area contributed by atoms with Crippen molar-refractivity contribution in [3.05, 3.63) is 0 Å². The van der Waals surface area contributed by atoms with E-state index < -0.39 is 5.54 Å². The molecule has 4 nitrogen and oxygen atoms in total. The van der Waals surface area contributed by atoms with Crippen LogP contribution in [0.3, 0.4) is 0 Å². The fourth-order valence-electron chi connectivity index (χ4n) is 3.72. The normalized spacial score (nSPS) is 33.1. The Labute approximate surface area is 123 Å².